The highest BCUT2D eigenvalue weighted by Gasteiger charge is 2.62. The molecule has 0 unspecified atom stereocenters. The number of carbonyl (C=O) groups excluding carboxylic acids is 4. The van der Waals surface area contributed by atoms with Gasteiger partial charge < -0.3 is 10.2 Å². The average Bonchev–Trinajstić information content (AvgIpc) is 3.00. The number of hydrogen-bond donors (Lipinski definition) is 2. The largest absolute Gasteiger partial charge is 0.510 e. The third-order valence-corrected chi connectivity index (χ3v) is 7.31. The van der Waals surface area contributed by atoms with Crippen molar-refractivity contribution in [1.82, 2.24) is 0 Å². The van der Waals surface area contributed by atoms with Crippen LogP contribution in [-0.4, -0.2) is 38.9 Å². The van der Waals surface area contributed by atoms with Gasteiger partial charge in [-0.3, -0.25) is 19.2 Å². The van der Waals surface area contributed by atoms with E-state index in [2.05, 4.69) is 0 Å². The van der Waals surface area contributed by atoms with Gasteiger partial charge in [-0.1, -0.05) is 31.9 Å². The van der Waals surface area contributed by atoms with Gasteiger partial charge in [-0.2, -0.15) is 0 Å². The Morgan fingerprint density at radius 2 is 1.75 bits per heavy atom. The second kappa shape index (κ2) is 9.05. The molecule has 0 aromatic rings. The van der Waals surface area contributed by atoms with Gasteiger partial charge in [-0.05, 0) is 66.2 Å². The number of aliphatic hydroxyl groups is 2. The zero-order chi connectivity index (χ0) is 24.6. The fourth-order valence-corrected chi connectivity index (χ4v) is 5.28. The van der Waals surface area contributed by atoms with Gasteiger partial charge in [0.1, 0.15) is 22.5 Å². The molecule has 2 N–H and O–H groups in total. The molecule has 178 valence electrons. The van der Waals surface area contributed by atoms with E-state index in [-0.39, 0.29) is 36.5 Å². The summed E-state index contributed by atoms with van der Waals surface area (Å²) in [4.78, 5) is 53.4. The van der Waals surface area contributed by atoms with Gasteiger partial charge in [0.25, 0.3) is 0 Å². The molecule has 1 saturated carbocycles. The minimum absolute atomic E-state index is 0.0101. The summed E-state index contributed by atoms with van der Waals surface area (Å²) >= 11 is 0. The van der Waals surface area contributed by atoms with Crippen LogP contribution in [0.2, 0.25) is 0 Å². The highest BCUT2D eigenvalue weighted by atomic mass is 16.3. The maximum absolute atomic E-state index is 14.1. The van der Waals surface area contributed by atoms with Crippen LogP contribution in [0.4, 0.5) is 0 Å². The van der Waals surface area contributed by atoms with E-state index in [0.29, 0.717) is 12.8 Å². The minimum atomic E-state index is -1.78. The maximum Gasteiger partial charge on any atom is 0.183 e. The van der Waals surface area contributed by atoms with Crippen LogP contribution in [-0.2, 0) is 19.2 Å². The molecule has 0 spiro atoms. The number of allylic oxidation sites excluding steroid dienone is 4. The summed E-state index contributed by atoms with van der Waals surface area (Å²) in [5.41, 5.74) is -3.78. The van der Waals surface area contributed by atoms with Crippen molar-refractivity contribution in [2.75, 3.05) is 0 Å². The molecular formula is C26H38O6. The summed E-state index contributed by atoms with van der Waals surface area (Å²) < 4.78 is 0. The lowest BCUT2D eigenvalue weighted by Crippen LogP contribution is -2.56. The number of hydrogen-bond acceptors (Lipinski definition) is 6. The molecule has 6 heteroatoms. The van der Waals surface area contributed by atoms with E-state index in [1.54, 1.807) is 33.8 Å². The van der Waals surface area contributed by atoms with Gasteiger partial charge in [0, 0.05) is 12.3 Å². The van der Waals surface area contributed by atoms with E-state index in [1.165, 1.54) is 6.92 Å². The Kier molecular flexibility index (Phi) is 7.40. The predicted molar refractivity (Wildman–Crippen MR) is 122 cm³/mol. The molecule has 32 heavy (non-hydrogen) atoms. The minimum Gasteiger partial charge on any atom is -0.510 e. The Morgan fingerprint density at radius 1 is 1.16 bits per heavy atom. The number of ketones is 4. The van der Waals surface area contributed by atoms with E-state index in [1.807, 2.05) is 13.8 Å². The van der Waals surface area contributed by atoms with Crippen molar-refractivity contribution >= 4 is 23.1 Å². The molecule has 2 aliphatic rings. The zero-order valence-corrected chi connectivity index (χ0v) is 20.5. The Bertz CT molecular complexity index is 886. The Balaban J connectivity index is 2.80. The molecule has 0 radical (unpaired) electrons. The number of aliphatic hydroxyl groups excluding tert-OH is 1. The van der Waals surface area contributed by atoms with Gasteiger partial charge in [0.15, 0.2) is 17.3 Å². The molecule has 0 bridgehead atoms. The third kappa shape index (κ3) is 4.52. The standard InChI is InChI=1S/C26H38O6/c1-15(2)10-12-24(6)21(29)19(20(28)16(3)4)22(30)26(23(24)31,13-17(5)27)14-18-9-8-11-25(18,7)32/h10,16,18,29,32H,8-9,11-14H2,1-7H3/t18-,24+,25-,26-/m1/s1. The highest BCUT2D eigenvalue weighted by molar-refractivity contribution is 6.32. The van der Waals surface area contributed by atoms with Gasteiger partial charge >= 0.3 is 0 Å². The highest BCUT2D eigenvalue weighted by Crippen LogP contribution is 2.53. The molecule has 4 atom stereocenters. The quantitative estimate of drug-likeness (QED) is 0.324. The fourth-order valence-electron chi connectivity index (χ4n) is 5.28. The van der Waals surface area contributed by atoms with Crippen LogP contribution in [0.15, 0.2) is 23.0 Å². The van der Waals surface area contributed by atoms with Crippen molar-refractivity contribution in [2.45, 2.75) is 92.6 Å². The summed E-state index contributed by atoms with van der Waals surface area (Å²) in [6, 6.07) is 0. The summed E-state index contributed by atoms with van der Waals surface area (Å²) in [5, 5.41) is 22.0. The van der Waals surface area contributed by atoms with E-state index >= 15 is 0 Å². The Labute approximate surface area is 191 Å². The molecule has 0 aromatic heterocycles. The molecule has 2 aliphatic carbocycles. The first-order valence-electron chi connectivity index (χ1n) is 11.5. The lowest BCUT2D eigenvalue weighted by atomic mass is 9.54. The van der Waals surface area contributed by atoms with Gasteiger partial charge in [0.2, 0.25) is 0 Å². The van der Waals surface area contributed by atoms with E-state index < -0.39 is 45.5 Å². The van der Waals surface area contributed by atoms with Crippen molar-refractivity contribution in [1.29, 1.82) is 0 Å². The molecule has 0 heterocycles. The third-order valence-electron chi connectivity index (χ3n) is 7.31. The SMILES string of the molecule is CC(=O)C[C@@]1(C[C@H]2CCC[C@@]2(C)O)C(=O)C(C(=O)C(C)C)=C(O)[C@](C)(CC=C(C)C)C1=O. The molecule has 6 nitrogen and oxygen atoms in total. The van der Waals surface area contributed by atoms with Crippen LogP contribution in [0.25, 0.3) is 0 Å². The van der Waals surface area contributed by atoms with Crippen molar-refractivity contribution in [2.24, 2.45) is 22.7 Å². The average molecular weight is 447 g/mol. The van der Waals surface area contributed by atoms with Gasteiger partial charge in [-0.25, -0.2) is 0 Å². The van der Waals surface area contributed by atoms with Crippen LogP contribution in [0.1, 0.15) is 87.0 Å². The van der Waals surface area contributed by atoms with Gasteiger partial charge in [0.05, 0.1) is 11.0 Å². The molecule has 1 fully saturated rings. The van der Waals surface area contributed by atoms with Crippen molar-refractivity contribution in [3.63, 3.8) is 0 Å². The van der Waals surface area contributed by atoms with Crippen LogP contribution < -0.4 is 0 Å². The maximum atomic E-state index is 14.1. The lowest BCUT2D eigenvalue weighted by molar-refractivity contribution is -0.153. The summed E-state index contributed by atoms with van der Waals surface area (Å²) in [7, 11) is 0. The van der Waals surface area contributed by atoms with Crippen molar-refractivity contribution in [3.05, 3.63) is 23.0 Å². The monoisotopic (exact) mass is 446 g/mol. The smallest absolute Gasteiger partial charge is 0.183 e. The van der Waals surface area contributed by atoms with Crippen LogP contribution in [0.3, 0.4) is 0 Å². The second-order valence-corrected chi connectivity index (χ2v) is 10.8. The molecule has 0 amide bonds. The van der Waals surface area contributed by atoms with Crippen LogP contribution in [0.5, 0.6) is 0 Å². The normalized spacial score (nSPS) is 33.1. The number of carbonyl (C=O) groups is 4. The van der Waals surface area contributed by atoms with E-state index in [0.717, 1.165) is 12.0 Å². The Morgan fingerprint density at radius 3 is 2.19 bits per heavy atom. The topological polar surface area (TPSA) is 109 Å². The lowest BCUT2D eigenvalue weighted by Gasteiger charge is -2.45. The number of rotatable bonds is 8. The first-order valence-corrected chi connectivity index (χ1v) is 11.5. The first kappa shape index (κ1) is 26.2. The summed E-state index contributed by atoms with van der Waals surface area (Å²) in [6.45, 7) is 11.6. The zero-order valence-electron chi connectivity index (χ0n) is 20.5. The van der Waals surface area contributed by atoms with E-state index in [4.69, 9.17) is 0 Å². The summed E-state index contributed by atoms with van der Waals surface area (Å²) in [5.74, 6) is -3.61. The first-order chi connectivity index (χ1) is 14.6. The molecular weight excluding hydrogens is 408 g/mol. The second-order valence-electron chi connectivity index (χ2n) is 10.8. The summed E-state index contributed by atoms with van der Waals surface area (Å²) in [6.07, 6.45) is 3.48. The van der Waals surface area contributed by atoms with Crippen LogP contribution >= 0.6 is 0 Å². The number of Topliss-reactive ketones (excluding diaryl/α,β-unsaturated/α-hetero) is 4. The fraction of sp³-hybridized carbons (Fsp3) is 0.692. The predicted octanol–water partition coefficient (Wildman–Crippen LogP) is 4.44. The van der Waals surface area contributed by atoms with Crippen LogP contribution in [0, 0.1) is 22.7 Å². The molecule has 0 saturated heterocycles. The van der Waals surface area contributed by atoms with Gasteiger partial charge in [-0.15, -0.1) is 0 Å². The van der Waals surface area contributed by atoms with Crippen molar-refractivity contribution in [3.8, 4) is 0 Å². The molecule has 0 aromatic carbocycles. The Hall–Kier alpha value is -2.08. The van der Waals surface area contributed by atoms with E-state index in [9.17, 15) is 29.4 Å². The molecule has 0 aliphatic heterocycles. The molecule has 2 rings (SSSR count). The van der Waals surface area contributed by atoms with Crippen molar-refractivity contribution < 1.29 is 29.4 Å².